The van der Waals surface area contributed by atoms with Gasteiger partial charge in [0.25, 0.3) is 0 Å². The van der Waals surface area contributed by atoms with Crippen LogP contribution in [0.1, 0.15) is 15.9 Å². The SMILES string of the molecule is N=C(/N=C(/N)C(=N)c1cccc(Cl)c1Cl)NC(=O)OCCSSCCOC(=O)c1cccnc1. The Hall–Kier alpha value is -2.80. The summed E-state index contributed by atoms with van der Waals surface area (Å²) in [6.45, 7) is 0.318. The molecule has 0 spiro atoms. The Balaban J connectivity index is 1.60. The minimum atomic E-state index is -0.884. The summed E-state index contributed by atoms with van der Waals surface area (Å²) in [4.78, 5) is 31.0. The fraction of sp³-hybridized carbons (Fsp3) is 0.200. The Morgan fingerprint density at radius 1 is 1.09 bits per heavy atom. The lowest BCUT2D eigenvalue weighted by Gasteiger charge is -2.08. The van der Waals surface area contributed by atoms with Crippen molar-refractivity contribution in [2.24, 2.45) is 10.7 Å². The lowest BCUT2D eigenvalue weighted by molar-refractivity contribution is 0.0530. The highest BCUT2D eigenvalue weighted by Gasteiger charge is 2.14. The van der Waals surface area contributed by atoms with Crippen LogP contribution >= 0.6 is 44.8 Å². The van der Waals surface area contributed by atoms with Crippen LogP contribution in [0, 0.1) is 10.8 Å². The second-order valence-corrected chi connectivity index (χ2v) is 9.59. The van der Waals surface area contributed by atoms with Gasteiger partial charge in [-0.1, -0.05) is 56.9 Å². The Morgan fingerprint density at radius 3 is 2.47 bits per heavy atom. The first kappa shape index (κ1) is 27.4. The number of benzene rings is 1. The number of rotatable bonds is 10. The van der Waals surface area contributed by atoms with Crippen molar-refractivity contribution in [1.29, 1.82) is 10.8 Å². The van der Waals surface area contributed by atoms with E-state index in [1.165, 1.54) is 33.9 Å². The van der Waals surface area contributed by atoms with Crippen LogP contribution in [-0.2, 0) is 9.47 Å². The summed E-state index contributed by atoms with van der Waals surface area (Å²) < 4.78 is 10.1. The molecular weight excluding hydrogens is 523 g/mol. The summed E-state index contributed by atoms with van der Waals surface area (Å²) in [5.74, 6) is -0.321. The number of ether oxygens (including phenoxy) is 2. The monoisotopic (exact) mass is 542 g/mol. The maximum absolute atomic E-state index is 11.8. The van der Waals surface area contributed by atoms with Gasteiger partial charge < -0.3 is 15.2 Å². The number of pyridine rings is 1. The molecule has 14 heteroatoms. The van der Waals surface area contributed by atoms with Gasteiger partial charge in [-0.05, 0) is 18.2 Å². The summed E-state index contributed by atoms with van der Waals surface area (Å²) in [7, 11) is 2.89. The van der Waals surface area contributed by atoms with Crippen molar-refractivity contribution in [1.82, 2.24) is 10.3 Å². The third-order valence-electron chi connectivity index (χ3n) is 3.71. The van der Waals surface area contributed by atoms with Crippen molar-refractivity contribution < 1.29 is 19.1 Å². The summed E-state index contributed by atoms with van der Waals surface area (Å²) in [5, 5.41) is 18.2. The van der Waals surface area contributed by atoms with Gasteiger partial charge >= 0.3 is 12.1 Å². The van der Waals surface area contributed by atoms with E-state index in [1.807, 2.05) is 0 Å². The molecule has 0 bridgehead atoms. The fourth-order valence-corrected chi connectivity index (χ4v) is 4.24. The van der Waals surface area contributed by atoms with Gasteiger partial charge in [0.1, 0.15) is 18.9 Å². The van der Waals surface area contributed by atoms with E-state index in [0.29, 0.717) is 17.1 Å². The topological polar surface area (TPSA) is 164 Å². The van der Waals surface area contributed by atoms with E-state index in [9.17, 15) is 9.59 Å². The van der Waals surface area contributed by atoms with Crippen LogP contribution in [0.3, 0.4) is 0 Å². The minimum absolute atomic E-state index is 0.0827. The number of guanidine groups is 1. The van der Waals surface area contributed by atoms with Gasteiger partial charge in [-0.25, -0.2) is 9.59 Å². The van der Waals surface area contributed by atoms with Crippen molar-refractivity contribution in [3.8, 4) is 0 Å². The Labute approximate surface area is 213 Å². The van der Waals surface area contributed by atoms with Crippen molar-refractivity contribution in [3.05, 3.63) is 63.9 Å². The van der Waals surface area contributed by atoms with E-state index in [2.05, 4.69) is 15.3 Å². The minimum Gasteiger partial charge on any atom is -0.461 e. The maximum atomic E-state index is 11.8. The van der Waals surface area contributed by atoms with Gasteiger partial charge in [-0.3, -0.25) is 21.1 Å². The second-order valence-electron chi connectivity index (χ2n) is 6.10. The zero-order valence-electron chi connectivity index (χ0n) is 17.5. The molecule has 0 fully saturated rings. The standard InChI is InChI=1S/C20H20Cl2N6O4S2/c21-14-5-1-4-13(15(14)22)16(23)17(24)27-19(25)28-20(30)32-8-10-34-33-9-7-31-18(29)12-3-2-6-26-11-12/h1-6,11,23H,7-10H2,(H4,24,25,27,28,30). The van der Waals surface area contributed by atoms with Crippen molar-refractivity contribution in [3.63, 3.8) is 0 Å². The molecule has 1 aromatic heterocycles. The summed E-state index contributed by atoms with van der Waals surface area (Å²) in [5.41, 5.74) is 6.12. The van der Waals surface area contributed by atoms with Gasteiger partial charge in [0.15, 0.2) is 5.84 Å². The van der Waals surface area contributed by atoms with Crippen molar-refractivity contribution in [2.45, 2.75) is 0 Å². The van der Waals surface area contributed by atoms with Crippen LogP contribution in [0.5, 0.6) is 0 Å². The molecule has 0 atom stereocenters. The molecule has 0 unspecified atom stereocenters. The molecule has 180 valence electrons. The highest BCUT2D eigenvalue weighted by molar-refractivity contribution is 8.76. The van der Waals surface area contributed by atoms with Crippen LogP contribution in [0.4, 0.5) is 4.79 Å². The lowest BCUT2D eigenvalue weighted by Crippen LogP contribution is -2.33. The van der Waals surface area contributed by atoms with E-state index >= 15 is 0 Å². The van der Waals surface area contributed by atoms with Crippen LogP contribution in [0.15, 0.2) is 47.7 Å². The van der Waals surface area contributed by atoms with Gasteiger partial charge in [0, 0.05) is 29.5 Å². The van der Waals surface area contributed by atoms with E-state index in [4.69, 9.17) is 49.2 Å². The van der Waals surface area contributed by atoms with Gasteiger partial charge in [-0.15, -0.1) is 0 Å². The number of alkyl carbamates (subject to hydrolysis) is 1. The Morgan fingerprint density at radius 2 is 1.79 bits per heavy atom. The fourth-order valence-electron chi connectivity index (χ4n) is 2.19. The number of amidine groups is 1. The average molecular weight is 543 g/mol. The van der Waals surface area contributed by atoms with E-state index in [1.54, 1.807) is 30.5 Å². The quantitative estimate of drug-likeness (QED) is 0.115. The second kappa shape index (κ2) is 14.5. The molecule has 10 nitrogen and oxygen atoms in total. The molecule has 5 N–H and O–H groups in total. The predicted molar refractivity (Wildman–Crippen MR) is 137 cm³/mol. The van der Waals surface area contributed by atoms with Crippen molar-refractivity contribution >= 4 is 74.4 Å². The third-order valence-corrected chi connectivity index (χ3v) is 6.86. The number of nitrogens with zero attached hydrogens (tertiary/aromatic N) is 2. The first-order valence-corrected chi connectivity index (χ1v) is 12.8. The number of hydrogen-bond acceptors (Lipinski definition) is 9. The normalized spacial score (nSPS) is 10.9. The summed E-state index contributed by atoms with van der Waals surface area (Å²) >= 11 is 12.0. The molecule has 2 aromatic rings. The maximum Gasteiger partial charge on any atom is 0.414 e. The van der Waals surface area contributed by atoms with E-state index < -0.39 is 18.0 Å². The number of halogens is 2. The van der Waals surface area contributed by atoms with Gasteiger partial charge in [0.2, 0.25) is 5.96 Å². The molecular formula is C20H20Cl2N6O4S2. The van der Waals surface area contributed by atoms with Crippen LogP contribution in [-0.4, -0.2) is 59.3 Å². The van der Waals surface area contributed by atoms with Gasteiger partial charge in [-0.2, -0.15) is 4.99 Å². The van der Waals surface area contributed by atoms with Crippen LogP contribution in [0.25, 0.3) is 0 Å². The third kappa shape index (κ3) is 9.21. The Bertz CT molecular complexity index is 1070. The summed E-state index contributed by atoms with van der Waals surface area (Å²) in [6.07, 6.45) is 2.12. The number of esters is 1. The molecule has 0 aliphatic carbocycles. The number of aromatic nitrogens is 1. The van der Waals surface area contributed by atoms with Gasteiger partial charge in [0.05, 0.1) is 15.6 Å². The zero-order chi connectivity index (χ0) is 24.9. The molecule has 0 aliphatic rings. The zero-order valence-corrected chi connectivity index (χ0v) is 20.7. The molecule has 34 heavy (non-hydrogen) atoms. The highest BCUT2D eigenvalue weighted by Crippen LogP contribution is 2.25. The first-order valence-electron chi connectivity index (χ1n) is 9.51. The molecule has 0 radical (unpaired) electrons. The van der Waals surface area contributed by atoms with Crippen LogP contribution in [0.2, 0.25) is 10.0 Å². The molecule has 1 amide bonds. The Kier molecular flexibility index (Phi) is 11.7. The number of nitrogens with two attached hydrogens (primary N) is 1. The molecule has 0 saturated carbocycles. The highest BCUT2D eigenvalue weighted by atomic mass is 35.5. The number of hydrogen-bond donors (Lipinski definition) is 4. The van der Waals surface area contributed by atoms with Crippen molar-refractivity contribution in [2.75, 3.05) is 24.7 Å². The summed E-state index contributed by atoms with van der Waals surface area (Å²) in [6, 6.07) is 7.96. The molecule has 0 saturated heterocycles. The molecule has 2 rings (SSSR count). The lowest BCUT2D eigenvalue weighted by atomic mass is 10.1. The van der Waals surface area contributed by atoms with Crippen LogP contribution < -0.4 is 11.1 Å². The first-order chi connectivity index (χ1) is 16.3. The predicted octanol–water partition coefficient (Wildman–Crippen LogP) is 4.01. The molecule has 1 aromatic carbocycles. The smallest absolute Gasteiger partial charge is 0.414 e. The van der Waals surface area contributed by atoms with E-state index in [0.717, 1.165) is 0 Å². The number of aliphatic imine (C=N–C) groups is 1. The number of carbonyl (C=O) groups is 2. The van der Waals surface area contributed by atoms with E-state index in [-0.39, 0.29) is 40.4 Å². The molecule has 1 heterocycles. The average Bonchev–Trinajstić information content (AvgIpc) is 2.82. The molecule has 0 aliphatic heterocycles. The largest absolute Gasteiger partial charge is 0.461 e. The number of amides is 1. The number of carbonyl (C=O) groups excluding carboxylic acids is 2. The number of nitrogens with one attached hydrogen (secondary N) is 3.